The first-order valence-corrected chi connectivity index (χ1v) is 8.06. The topological polar surface area (TPSA) is 109 Å². The molecule has 108 valence electrons. The quantitative estimate of drug-likeness (QED) is 0.866. The standard InChI is InChI=1S/C13H11BrN4O2S/c1-8-3-2-4-11(10(8)6-15)18-21(19,20)12-5-9(14)7-17-13(12)16/h2-5,7,18H,1H3,(H2,16,17). The lowest BCUT2D eigenvalue weighted by Crippen LogP contribution is -2.16. The van der Waals surface area contributed by atoms with Crippen LogP contribution < -0.4 is 10.5 Å². The summed E-state index contributed by atoms with van der Waals surface area (Å²) in [6.45, 7) is 1.73. The van der Waals surface area contributed by atoms with Crippen LogP contribution in [0.3, 0.4) is 0 Å². The molecule has 3 N–H and O–H groups in total. The molecule has 2 aromatic rings. The molecule has 0 atom stereocenters. The number of hydrogen-bond donors (Lipinski definition) is 2. The maximum absolute atomic E-state index is 12.4. The summed E-state index contributed by atoms with van der Waals surface area (Å²) in [7, 11) is -3.93. The fourth-order valence-corrected chi connectivity index (χ4v) is 3.41. The number of pyridine rings is 1. The zero-order chi connectivity index (χ0) is 15.6. The summed E-state index contributed by atoms with van der Waals surface area (Å²) in [6, 6.07) is 8.24. The lowest BCUT2D eigenvalue weighted by Gasteiger charge is -2.12. The van der Waals surface area contributed by atoms with E-state index >= 15 is 0 Å². The van der Waals surface area contributed by atoms with Gasteiger partial charge in [-0.15, -0.1) is 0 Å². The number of aryl methyl sites for hydroxylation is 1. The van der Waals surface area contributed by atoms with E-state index in [1.165, 1.54) is 18.3 Å². The van der Waals surface area contributed by atoms with Crippen LogP contribution in [0.1, 0.15) is 11.1 Å². The number of nitrogens with one attached hydrogen (secondary N) is 1. The van der Waals surface area contributed by atoms with Crippen molar-refractivity contribution in [1.29, 1.82) is 5.26 Å². The Morgan fingerprint density at radius 2 is 2.14 bits per heavy atom. The van der Waals surface area contributed by atoms with Crippen LogP contribution in [0.4, 0.5) is 11.5 Å². The summed E-state index contributed by atoms with van der Waals surface area (Å²) in [4.78, 5) is 3.64. The van der Waals surface area contributed by atoms with Gasteiger partial charge in [0.15, 0.2) is 0 Å². The Balaban J connectivity index is 2.51. The van der Waals surface area contributed by atoms with E-state index in [1.54, 1.807) is 19.1 Å². The van der Waals surface area contributed by atoms with Crippen molar-refractivity contribution in [2.75, 3.05) is 10.5 Å². The smallest absolute Gasteiger partial charge is 0.265 e. The van der Waals surface area contributed by atoms with Gasteiger partial charge in [-0.2, -0.15) is 5.26 Å². The summed E-state index contributed by atoms with van der Waals surface area (Å²) in [5, 5.41) is 9.14. The van der Waals surface area contributed by atoms with Gasteiger partial charge in [0, 0.05) is 10.7 Å². The van der Waals surface area contributed by atoms with Crippen molar-refractivity contribution in [2.24, 2.45) is 0 Å². The highest BCUT2D eigenvalue weighted by Gasteiger charge is 2.20. The van der Waals surface area contributed by atoms with Gasteiger partial charge in [0.2, 0.25) is 0 Å². The first kappa shape index (κ1) is 15.3. The largest absolute Gasteiger partial charge is 0.383 e. The highest BCUT2D eigenvalue weighted by atomic mass is 79.9. The Kier molecular flexibility index (Phi) is 4.16. The Bertz CT molecular complexity index is 844. The van der Waals surface area contributed by atoms with Crippen molar-refractivity contribution in [1.82, 2.24) is 4.98 Å². The Morgan fingerprint density at radius 3 is 2.81 bits per heavy atom. The minimum atomic E-state index is -3.93. The van der Waals surface area contributed by atoms with E-state index < -0.39 is 10.0 Å². The number of halogens is 1. The number of nitrogen functional groups attached to an aromatic ring is 1. The molecule has 1 aromatic carbocycles. The van der Waals surface area contributed by atoms with Gasteiger partial charge in [-0.1, -0.05) is 12.1 Å². The van der Waals surface area contributed by atoms with Crippen LogP contribution in [0.15, 0.2) is 39.8 Å². The highest BCUT2D eigenvalue weighted by Crippen LogP contribution is 2.25. The maximum Gasteiger partial charge on any atom is 0.265 e. The normalized spacial score (nSPS) is 10.9. The summed E-state index contributed by atoms with van der Waals surface area (Å²) < 4.78 is 27.6. The van der Waals surface area contributed by atoms with E-state index in [-0.39, 0.29) is 22.0 Å². The van der Waals surface area contributed by atoms with Crippen molar-refractivity contribution in [3.63, 3.8) is 0 Å². The molecule has 0 amide bonds. The zero-order valence-electron chi connectivity index (χ0n) is 11.0. The fraction of sp³-hybridized carbons (Fsp3) is 0.0769. The minimum Gasteiger partial charge on any atom is -0.383 e. The SMILES string of the molecule is Cc1cccc(NS(=O)(=O)c2cc(Br)cnc2N)c1C#N. The third-order valence-electron chi connectivity index (χ3n) is 2.77. The van der Waals surface area contributed by atoms with E-state index in [1.807, 2.05) is 6.07 Å². The van der Waals surface area contributed by atoms with Crippen molar-refractivity contribution in [3.8, 4) is 6.07 Å². The maximum atomic E-state index is 12.4. The molecule has 1 heterocycles. The first-order valence-electron chi connectivity index (χ1n) is 5.78. The average molecular weight is 367 g/mol. The third-order valence-corrected chi connectivity index (χ3v) is 4.60. The van der Waals surface area contributed by atoms with Crippen LogP contribution in [0.5, 0.6) is 0 Å². The molecule has 6 nitrogen and oxygen atoms in total. The molecule has 0 aliphatic rings. The first-order chi connectivity index (χ1) is 9.85. The molecule has 0 unspecified atom stereocenters. The van der Waals surface area contributed by atoms with Crippen molar-refractivity contribution in [3.05, 3.63) is 46.1 Å². The number of nitrogens with two attached hydrogens (primary N) is 1. The Labute approximate surface area is 130 Å². The number of aromatic nitrogens is 1. The van der Waals surface area contributed by atoms with Crippen LogP contribution in [-0.2, 0) is 10.0 Å². The van der Waals surface area contributed by atoms with Gasteiger partial charge in [-0.05, 0) is 40.5 Å². The Hall–Kier alpha value is -2.11. The number of nitrogens with zero attached hydrogens (tertiary/aromatic N) is 2. The van der Waals surface area contributed by atoms with Gasteiger partial charge in [-0.25, -0.2) is 13.4 Å². The molecule has 0 fully saturated rings. The second kappa shape index (κ2) is 5.71. The minimum absolute atomic E-state index is 0.114. The second-order valence-corrected chi connectivity index (χ2v) is 6.82. The molecular formula is C13H11BrN4O2S. The molecule has 0 aliphatic carbocycles. The lowest BCUT2D eigenvalue weighted by molar-refractivity contribution is 0.601. The molecule has 0 aliphatic heterocycles. The molecule has 0 spiro atoms. The average Bonchev–Trinajstić information content (AvgIpc) is 2.41. The predicted octanol–water partition coefficient (Wildman–Crippen LogP) is 2.41. The summed E-state index contributed by atoms with van der Waals surface area (Å²) in [6.07, 6.45) is 1.40. The molecule has 0 saturated heterocycles. The van der Waals surface area contributed by atoms with Crippen LogP contribution in [0.25, 0.3) is 0 Å². The number of nitriles is 1. The predicted molar refractivity (Wildman–Crippen MR) is 83.1 cm³/mol. The van der Waals surface area contributed by atoms with Gasteiger partial charge < -0.3 is 5.73 Å². The summed E-state index contributed by atoms with van der Waals surface area (Å²) >= 11 is 3.15. The molecule has 21 heavy (non-hydrogen) atoms. The Morgan fingerprint density at radius 1 is 1.43 bits per heavy atom. The van der Waals surface area contributed by atoms with E-state index in [2.05, 4.69) is 25.6 Å². The summed E-state index contributed by atoms with van der Waals surface area (Å²) in [5.41, 5.74) is 6.76. The third kappa shape index (κ3) is 3.15. The molecule has 0 saturated carbocycles. The zero-order valence-corrected chi connectivity index (χ0v) is 13.4. The lowest BCUT2D eigenvalue weighted by atomic mass is 10.1. The molecule has 0 bridgehead atoms. The van der Waals surface area contributed by atoms with E-state index in [4.69, 9.17) is 11.0 Å². The highest BCUT2D eigenvalue weighted by molar-refractivity contribution is 9.10. The number of sulfonamides is 1. The van der Waals surface area contributed by atoms with Crippen molar-refractivity contribution >= 4 is 37.5 Å². The monoisotopic (exact) mass is 366 g/mol. The van der Waals surface area contributed by atoms with Crippen LogP contribution in [0, 0.1) is 18.3 Å². The number of rotatable bonds is 3. The van der Waals surface area contributed by atoms with Crippen LogP contribution >= 0.6 is 15.9 Å². The second-order valence-electron chi connectivity index (χ2n) is 4.25. The van der Waals surface area contributed by atoms with E-state index in [9.17, 15) is 8.42 Å². The molecule has 0 radical (unpaired) electrons. The molecular weight excluding hydrogens is 356 g/mol. The van der Waals surface area contributed by atoms with Gasteiger partial charge >= 0.3 is 0 Å². The molecule has 8 heteroatoms. The molecule has 1 aromatic heterocycles. The van der Waals surface area contributed by atoms with Gasteiger partial charge in [0.1, 0.15) is 16.8 Å². The van der Waals surface area contributed by atoms with Gasteiger partial charge in [0.05, 0.1) is 11.3 Å². The number of anilines is 2. The number of hydrogen-bond acceptors (Lipinski definition) is 5. The van der Waals surface area contributed by atoms with Crippen molar-refractivity contribution < 1.29 is 8.42 Å². The van der Waals surface area contributed by atoms with Crippen LogP contribution in [-0.4, -0.2) is 13.4 Å². The fourth-order valence-electron chi connectivity index (χ4n) is 1.75. The summed E-state index contributed by atoms with van der Waals surface area (Å²) in [5.74, 6) is -0.114. The van der Waals surface area contributed by atoms with Gasteiger partial charge in [0.25, 0.3) is 10.0 Å². The van der Waals surface area contributed by atoms with E-state index in [0.29, 0.717) is 10.0 Å². The van der Waals surface area contributed by atoms with Crippen LogP contribution in [0.2, 0.25) is 0 Å². The number of benzene rings is 1. The van der Waals surface area contributed by atoms with Crippen molar-refractivity contribution in [2.45, 2.75) is 11.8 Å². The van der Waals surface area contributed by atoms with Gasteiger partial charge in [-0.3, -0.25) is 4.72 Å². The molecule has 2 rings (SSSR count). The van der Waals surface area contributed by atoms with E-state index in [0.717, 1.165) is 0 Å².